The van der Waals surface area contributed by atoms with Gasteiger partial charge >= 0.3 is 0 Å². The Bertz CT molecular complexity index is 806. The van der Waals surface area contributed by atoms with Gasteiger partial charge in [0.1, 0.15) is 6.04 Å². The van der Waals surface area contributed by atoms with E-state index in [-0.39, 0.29) is 18.0 Å². The van der Waals surface area contributed by atoms with E-state index in [1.54, 1.807) is 6.26 Å². The van der Waals surface area contributed by atoms with Crippen LogP contribution in [0.4, 0.5) is 0 Å². The number of nitrogens with two attached hydrogens (primary N) is 1. The second kappa shape index (κ2) is 7.32. The fraction of sp³-hybridized carbons (Fsp3) is 0.250. The molecule has 0 aliphatic rings. The minimum atomic E-state index is -0.0316. The molecule has 124 valence electrons. The summed E-state index contributed by atoms with van der Waals surface area (Å²) in [4.78, 5) is 12.3. The van der Waals surface area contributed by atoms with E-state index in [0.717, 1.165) is 11.3 Å². The van der Waals surface area contributed by atoms with Crippen LogP contribution in [-0.4, -0.2) is 12.5 Å². The van der Waals surface area contributed by atoms with Gasteiger partial charge in [-0.2, -0.15) is 0 Å². The van der Waals surface area contributed by atoms with E-state index in [9.17, 15) is 4.79 Å². The minimum Gasteiger partial charge on any atom is -0.463 e. The van der Waals surface area contributed by atoms with Crippen molar-refractivity contribution < 1.29 is 14.5 Å². The number of rotatable bonds is 6. The molecule has 0 bridgehead atoms. The fourth-order valence-corrected chi connectivity index (χ4v) is 2.96. The van der Waals surface area contributed by atoms with Crippen LogP contribution in [-0.2, 0) is 4.79 Å². The highest BCUT2D eigenvalue weighted by Crippen LogP contribution is 2.23. The number of nitrogens with one attached hydrogen (secondary N) is 1. The molecule has 3 rings (SSSR count). The van der Waals surface area contributed by atoms with E-state index >= 15 is 0 Å². The van der Waals surface area contributed by atoms with Gasteiger partial charge in [-0.3, -0.25) is 4.79 Å². The average Bonchev–Trinajstić information content (AvgIpc) is 3.14. The summed E-state index contributed by atoms with van der Waals surface area (Å²) in [6.07, 6.45) is 1.66. The molecule has 1 amide bonds. The van der Waals surface area contributed by atoms with Crippen LogP contribution in [0.25, 0.3) is 10.8 Å². The van der Waals surface area contributed by atoms with Crippen molar-refractivity contribution in [2.45, 2.75) is 25.9 Å². The molecule has 3 N–H and O–H groups in total. The van der Waals surface area contributed by atoms with Gasteiger partial charge < -0.3 is 15.1 Å². The lowest BCUT2D eigenvalue weighted by Gasteiger charge is -2.17. The summed E-state index contributed by atoms with van der Waals surface area (Å²) in [7, 11) is 0. The monoisotopic (exact) mass is 323 g/mol. The van der Waals surface area contributed by atoms with Crippen molar-refractivity contribution in [2.75, 3.05) is 6.54 Å². The van der Waals surface area contributed by atoms with Gasteiger partial charge in [0, 0.05) is 0 Å². The number of carbonyl (C=O) groups excluding carboxylic acids is 1. The number of hydrogen-bond donors (Lipinski definition) is 2. The van der Waals surface area contributed by atoms with E-state index in [0.29, 0.717) is 6.54 Å². The van der Waals surface area contributed by atoms with Gasteiger partial charge in [-0.1, -0.05) is 42.5 Å². The van der Waals surface area contributed by atoms with E-state index in [1.807, 2.05) is 49.5 Å². The third-order valence-corrected chi connectivity index (χ3v) is 4.32. The highest BCUT2D eigenvalue weighted by atomic mass is 16.3. The van der Waals surface area contributed by atoms with Crippen molar-refractivity contribution in [3.05, 3.63) is 72.2 Å². The first kappa shape index (κ1) is 16.3. The SMILES string of the molecule is C[C@H](NC(=O)C[NH2+][C@@H](C)c1ccco1)c1cccc2ccccc12. The normalized spacial score (nSPS) is 13.6. The van der Waals surface area contributed by atoms with Crippen LogP contribution in [0, 0.1) is 0 Å². The van der Waals surface area contributed by atoms with Crippen LogP contribution in [0.3, 0.4) is 0 Å². The van der Waals surface area contributed by atoms with E-state index < -0.39 is 0 Å². The van der Waals surface area contributed by atoms with Crippen LogP contribution in [0.2, 0.25) is 0 Å². The molecule has 1 aromatic heterocycles. The number of hydrogen-bond acceptors (Lipinski definition) is 2. The second-order valence-corrected chi connectivity index (χ2v) is 6.10. The lowest BCUT2D eigenvalue weighted by molar-refractivity contribution is -0.684. The number of quaternary nitrogens is 1. The summed E-state index contributed by atoms with van der Waals surface area (Å²) < 4.78 is 5.36. The van der Waals surface area contributed by atoms with Gasteiger partial charge in [-0.25, -0.2) is 0 Å². The summed E-state index contributed by atoms with van der Waals surface area (Å²) in [5.74, 6) is 0.902. The zero-order chi connectivity index (χ0) is 16.9. The maximum Gasteiger partial charge on any atom is 0.275 e. The van der Waals surface area contributed by atoms with Gasteiger partial charge in [-0.15, -0.1) is 0 Å². The molecule has 3 aromatic rings. The van der Waals surface area contributed by atoms with Gasteiger partial charge in [0.2, 0.25) is 0 Å². The largest absolute Gasteiger partial charge is 0.463 e. The first-order valence-corrected chi connectivity index (χ1v) is 8.29. The first-order chi connectivity index (χ1) is 11.6. The smallest absolute Gasteiger partial charge is 0.275 e. The topological polar surface area (TPSA) is 58.9 Å². The molecule has 2 aromatic carbocycles. The fourth-order valence-electron chi connectivity index (χ4n) is 2.96. The van der Waals surface area contributed by atoms with Crippen LogP contribution in [0.1, 0.15) is 37.3 Å². The minimum absolute atomic E-state index is 0.0221. The number of amides is 1. The molecule has 1 heterocycles. The van der Waals surface area contributed by atoms with Gasteiger partial charge in [0.05, 0.1) is 12.3 Å². The predicted octanol–water partition coefficient (Wildman–Crippen LogP) is 2.93. The Labute approximate surface area is 141 Å². The van der Waals surface area contributed by atoms with Crippen LogP contribution >= 0.6 is 0 Å². The standard InChI is InChI=1S/C20H22N2O2/c1-14(17-10-5-8-16-7-3-4-9-18(16)17)22-20(23)13-21-15(2)19-11-6-12-24-19/h3-12,14-15,21H,13H2,1-2H3,(H,22,23)/p+1/t14-,15-/m0/s1. The highest BCUT2D eigenvalue weighted by Gasteiger charge is 2.16. The molecule has 4 heteroatoms. The summed E-state index contributed by atoms with van der Waals surface area (Å²) >= 11 is 0. The third kappa shape index (κ3) is 3.66. The Morgan fingerprint density at radius 2 is 1.88 bits per heavy atom. The zero-order valence-corrected chi connectivity index (χ0v) is 14.0. The maximum absolute atomic E-state index is 12.3. The molecule has 0 aliphatic carbocycles. The molecule has 0 unspecified atom stereocenters. The first-order valence-electron chi connectivity index (χ1n) is 8.29. The molecule has 4 nitrogen and oxygen atoms in total. The Morgan fingerprint density at radius 1 is 1.08 bits per heavy atom. The lowest BCUT2D eigenvalue weighted by Crippen LogP contribution is -2.87. The van der Waals surface area contributed by atoms with Crippen molar-refractivity contribution in [1.82, 2.24) is 5.32 Å². The zero-order valence-electron chi connectivity index (χ0n) is 14.0. The number of furan rings is 1. The molecule has 0 aliphatic heterocycles. The molecule has 24 heavy (non-hydrogen) atoms. The summed E-state index contributed by atoms with van der Waals surface area (Å²) in [6.45, 7) is 4.42. The summed E-state index contributed by atoms with van der Waals surface area (Å²) in [6, 6.07) is 18.3. The molecule has 2 atom stereocenters. The highest BCUT2D eigenvalue weighted by molar-refractivity contribution is 5.87. The van der Waals surface area contributed by atoms with Gasteiger partial charge in [0.25, 0.3) is 5.91 Å². The Hall–Kier alpha value is -2.59. The number of benzene rings is 2. The van der Waals surface area contributed by atoms with Crippen molar-refractivity contribution >= 4 is 16.7 Å². The average molecular weight is 323 g/mol. The van der Waals surface area contributed by atoms with Gasteiger partial charge in [-0.05, 0) is 42.3 Å². The Morgan fingerprint density at radius 3 is 2.67 bits per heavy atom. The van der Waals surface area contributed by atoms with E-state index in [1.165, 1.54) is 10.8 Å². The molecule has 0 spiro atoms. The van der Waals surface area contributed by atoms with E-state index in [4.69, 9.17) is 4.42 Å². The van der Waals surface area contributed by atoms with Crippen molar-refractivity contribution in [3.63, 3.8) is 0 Å². The molecule has 0 saturated heterocycles. The third-order valence-electron chi connectivity index (χ3n) is 4.32. The van der Waals surface area contributed by atoms with Gasteiger partial charge in [0.15, 0.2) is 12.3 Å². The second-order valence-electron chi connectivity index (χ2n) is 6.10. The van der Waals surface area contributed by atoms with Crippen molar-refractivity contribution in [3.8, 4) is 0 Å². The molecule has 0 saturated carbocycles. The molecular formula is C20H23N2O2+. The summed E-state index contributed by atoms with van der Waals surface area (Å²) in [5.41, 5.74) is 1.14. The van der Waals surface area contributed by atoms with Crippen molar-refractivity contribution in [1.29, 1.82) is 0 Å². The quantitative estimate of drug-likeness (QED) is 0.733. The molecule has 0 radical (unpaired) electrons. The molecular weight excluding hydrogens is 300 g/mol. The lowest BCUT2D eigenvalue weighted by atomic mass is 10.00. The van der Waals surface area contributed by atoms with Crippen molar-refractivity contribution in [2.24, 2.45) is 0 Å². The van der Waals surface area contributed by atoms with Crippen LogP contribution in [0.5, 0.6) is 0 Å². The maximum atomic E-state index is 12.3. The Balaban J connectivity index is 1.61. The summed E-state index contributed by atoms with van der Waals surface area (Å²) in [5, 5.41) is 7.43. The Kier molecular flexibility index (Phi) is 4.96. The predicted molar refractivity (Wildman–Crippen MR) is 94.4 cm³/mol. The molecule has 0 fully saturated rings. The number of carbonyl (C=O) groups is 1. The van der Waals surface area contributed by atoms with Crippen LogP contribution < -0.4 is 10.6 Å². The van der Waals surface area contributed by atoms with Crippen LogP contribution in [0.15, 0.2) is 65.3 Å². The number of fused-ring (bicyclic) bond motifs is 1. The van der Waals surface area contributed by atoms with E-state index in [2.05, 4.69) is 29.6 Å².